The Bertz CT molecular complexity index is 872. The van der Waals surface area contributed by atoms with E-state index in [0.717, 1.165) is 70.1 Å². The van der Waals surface area contributed by atoms with Crippen LogP contribution in [0.1, 0.15) is 291 Å². The largest absolute Gasteiger partial charge is 0.462 e. The van der Waals surface area contributed by atoms with Gasteiger partial charge in [-0.05, 0) is 25.2 Å². The molecule has 0 heterocycles. The van der Waals surface area contributed by atoms with Gasteiger partial charge in [-0.1, -0.05) is 252 Å². The minimum Gasteiger partial charge on any atom is -0.462 e. The molecule has 0 aliphatic rings. The number of esters is 3. The number of hydrogen-bond donors (Lipinski definition) is 0. The molecule has 0 saturated carbocycles. The number of ether oxygens (including phenoxy) is 3. The molecule has 58 heavy (non-hydrogen) atoms. The molecule has 0 aromatic heterocycles. The molecular weight excluding hydrogens is 721 g/mol. The standard InChI is InChI=1S/C52H100O6/c1-5-7-9-11-12-13-14-15-23-26-29-32-36-39-43-50(53)56-46-49(58-52(55)45-41-34-10-8-6-2)47-57-51(54)44-40-37-33-30-27-24-21-19-17-16-18-20-22-25-28-31-35-38-42-48(3)4/h48-49H,5-47H2,1-4H3/t49-/m0/s1. The molecule has 0 aliphatic carbocycles. The van der Waals surface area contributed by atoms with Crippen LogP contribution in [0.4, 0.5) is 0 Å². The summed E-state index contributed by atoms with van der Waals surface area (Å²) in [5, 5.41) is 0. The molecule has 0 spiro atoms. The molecule has 0 bridgehead atoms. The Morgan fingerprint density at radius 2 is 0.569 bits per heavy atom. The summed E-state index contributed by atoms with van der Waals surface area (Å²) in [6, 6.07) is 0. The third kappa shape index (κ3) is 45.5. The highest BCUT2D eigenvalue weighted by molar-refractivity contribution is 5.71. The molecule has 0 amide bonds. The zero-order valence-corrected chi connectivity index (χ0v) is 39.5. The van der Waals surface area contributed by atoms with Gasteiger partial charge in [-0.2, -0.15) is 0 Å². The van der Waals surface area contributed by atoms with Crippen LogP contribution in [0.3, 0.4) is 0 Å². The summed E-state index contributed by atoms with van der Waals surface area (Å²) in [6.07, 6.45) is 48.4. The molecule has 0 unspecified atom stereocenters. The molecule has 0 fully saturated rings. The van der Waals surface area contributed by atoms with E-state index in [0.29, 0.717) is 19.3 Å². The van der Waals surface area contributed by atoms with Crippen LogP contribution in [0.15, 0.2) is 0 Å². The van der Waals surface area contributed by atoms with E-state index in [-0.39, 0.29) is 31.1 Å². The molecule has 0 radical (unpaired) electrons. The predicted octanol–water partition coefficient (Wildman–Crippen LogP) is 16.7. The minimum atomic E-state index is -0.758. The molecule has 0 aromatic carbocycles. The van der Waals surface area contributed by atoms with E-state index in [1.54, 1.807) is 0 Å². The first-order chi connectivity index (χ1) is 28.4. The van der Waals surface area contributed by atoms with Gasteiger partial charge in [-0.15, -0.1) is 0 Å². The van der Waals surface area contributed by atoms with Crippen LogP contribution in [-0.2, 0) is 28.6 Å². The summed E-state index contributed by atoms with van der Waals surface area (Å²) < 4.78 is 16.7. The molecule has 344 valence electrons. The van der Waals surface area contributed by atoms with Gasteiger partial charge in [0.05, 0.1) is 0 Å². The Kier molecular flexibility index (Phi) is 45.2. The van der Waals surface area contributed by atoms with Gasteiger partial charge in [0.25, 0.3) is 0 Å². The van der Waals surface area contributed by atoms with Crippen LogP contribution >= 0.6 is 0 Å². The number of unbranched alkanes of at least 4 members (excludes halogenated alkanes) is 34. The zero-order chi connectivity index (χ0) is 42.4. The van der Waals surface area contributed by atoms with Crippen molar-refractivity contribution < 1.29 is 28.6 Å². The van der Waals surface area contributed by atoms with Crippen molar-refractivity contribution in [2.45, 2.75) is 297 Å². The maximum atomic E-state index is 12.6. The van der Waals surface area contributed by atoms with Gasteiger partial charge in [0.2, 0.25) is 0 Å². The van der Waals surface area contributed by atoms with Gasteiger partial charge < -0.3 is 14.2 Å². The Labute approximate surface area is 361 Å². The normalized spacial score (nSPS) is 11.9. The fourth-order valence-electron chi connectivity index (χ4n) is 7.86. The van der Waals surface area contributed by atoms with Crippen molar-refractivity contribution in [1.29, 1.82) is 0 Å². The average molecular weight is 821 g/mol. The lowest BCUT2D eigenvalue weighted by Gasteiger charge is -2.18. The highest BCUT2D eigenvalue weighted by atomic mass is 16.6. The summed E-state index contributed by atoms with van der Waals surface area (Å²) in [6.45, 7) is 8.97. The summed E-state index contributed by atoms with van der Waals surface area (Å²) >= 11 is 0. The van der Waals surface area contributed by atoms with Crippen molar-refractivity contribution in [3.8, 4) is 0 Å². The van der Waals surface area contributed by atoms with Gasteiger partial charge >= 0.3 is 17.9 Å². The SMILES string of the molecule is CCCCCCCCCCCCCCCCC(=O)OC[C@@H](COC(=O)CCCCCCCCCCCCCCCCCCCCC(C)C)OC(=O)CCCCCCC. The van der Waals surface area contributed by atoms with E-state index < -0.39 is 6.10 Å². The fourth-order valence-corrected chi connectivity index (χ4v) is 7.86. The van der Waals surface area contributed by atoms with Crippen molar-refractivity contribution in [3.63, 3.8) is 0 Å². The van der Waals surface area contributed by atoms with Gasteiger partial charge in [-0.25, -0.2) is 0 Å². The van der Waals surface area contributed by atoms with Crippen LogP contribution in [0.25, 0.3) is 0 Å². The van der Waals surface area contributed by atoms with Gasteiger partial charge in [0, 0.05) is 19.3 Å². The second-order valence-corrected chi connectivity index (χ2v) is 18.3. The Morgan fingerprint density at radius 1 is 0.328 bits per heavy atom. The third-order valence-corrected chi connectivity index (χ3v) is 11.8. The lowest BCUT2D eigenvalue weighted by Crippen LogP contribution is -2.30. The van der Waals surface area contributed by atoms with E-state index in [4.69, 9.17) is 14.2 Å². The zero-order valence-electron chi connectivity index (χ0n) is 39.5. The number of carbonyl (C=O) groups is 3. The van der Waals surface area contributed by atoms with Crippen molar-refractivity contribution in [1.82, 2.24) is 0 Å². The van der Waals surface area contributed by atoms with Crippen LogP contribution in [0.2, 0.25) is 0 Å². The maximum Gasteiger partial charge on any atom is 0.306 e. The Balaban J connectivity index is 4.01. The van der Waals surface area contributed by atoms with E-state index in [2.05, 4.69) is 27.7 Å². The van der Waals surface area contributed by atoms with Gasteiger partial charge in [0.1, 0.15) is 13.2 Å². The first kappa shape index (κ1) is 56.4. The summed E-state index contributed by atoms with van der Waals surface area (Å²) in [5.74, 6) is -0.00108. The number of rotatable bonds is 47. The molecular formula is C52H100O6. The molecule has 0 rings (SSSR count). The first-order valence-corrected chi connectivity index (χ1v) is 25.9. The molecule has 1 atom stereocenters. The molecule has 0 aromatic rings. The van der Waals surface area contributed by atoms with Crippen LogP contribution < -0.4 is 0 Å². The Hall–Kier alpha value is -1.59. The van der Waals surface area contributed by atoms with Crippen molar-refractivity contribution in [2.24, 2.45) is 5.92 Å². The number of hydrogen-bond acceptors (Lipinski definition) is 6. The van der Waals surface area contributed by atoms with Crippen LogP contribution in [0.5, 0.6) is 0 Å². The molecule has 6 heteroatoms. The maximum absolute atomic E-state index is 12.6. The van der Waals surface area contributed by atoms with Crippen molar-refractivity contribution >= 4 is 17.9 Å². The van der Waals surface area contributed by atoms with Crippen LogP contribution in [0, 0.1) is 5.92 Å². The smallest absolute Gasteiger partial charge is 0.306 e. The summed E-state index contributed by atoms with van der Waals surface area (Å²) in [4.78, 5) is 37.6. The monoisotopic (exact) mass is 821 g/mol. The topological polar surface area (TPSA) is 78.9 Å². The molecule has 6 nitrogen and oxygen atoms in total. The predicted molar refractivity (Wildman–Crippen MR) is 247 cm³/mol. The minimum absolute atomic E-state index is 0.0643. The number of carbonyl (C=O) groups excluding carboxylic acids is 3. The van der Waals surface area contributed by atoms with Crippen molar-refractivity contribution in [2.75, 3.05) is 13.2 Å². The Morgan fingerprint density at radius 3 is 0.845 bits per heavy atom. The lowest BCUT2D eigenvalue weighted by atomic mass is 10.0. The second kappa shape index (κ2) is 46.5. The summed E-state index contributed by atoms with van der Waals surface area (Å²) in [7, 11) is 0. The molecule has 0 saturated heterocycles. The van der Waals surface area contributed by atoms with E-state index in [9.17, 15) is 14.4 Å². The quantitative estimate of drug-likeness (QED) is 0.0346. The van der Waals surface area contributed by atoms with E-state index >= 15 is 0 Å². The third-order valence-electron chi connectivity index (χ3n) is 11.8. The van der Waals surface area contributed by atoms with Crippen LogP contribution in [-0.4, -0.2) is 37.2 Å². The molecule has 0 N–H and O–H groups in total. The van der Waals surface area contributed by atoms with Crippen molar-refractivity contribution in [3.05, 3.63) is 0 Å². The summed E-state index contributed by atoms with van der Waals surface area (Å²) in [5.41, 5.74) is 0. The van der Waals surface area contributed by atoms with Gasteiger partial charge in [0.15, 0.2) is 6.10 Å². The highest BCUT2D eigenvalue weighted by Crippen LogP contribution is 2.17. The highest BCUT2D eigenvalue weighted by Gasteiger charge is 2.19. The van der Waals surface area contributed by atoms with E-state index in [1.165, 1.54) is 180 Å². The lowest BCUT2D eigenvalue weighted by molar-refractivity contribution is -0.167. The second-order valence-electron chi connectivity index (χ2n) is 18.3. The molecule has 0 aliphatic heterocycles. The van der Waals surface area contributed by atoms with Gasteiger partial charge in [-0.3, -0.25) is 14.4 Å². The van der Waals surface area contributed by atoms with E-state index in [1.807, 2.05) is 0 Å². The average Bonchev–Trinajstić information content (AvgIpc) is 3.21. The first-order valence-electron chi connectivity index (χ1n) is 25.9. The fraction of sp³-hybridized carbons (Fsp3) is 0.942.